The normalized spacial score (nSPS) is 21.2. The fourth-order valence-electron chi connectivity index (χ4n) is 2.75. The lowest BCUT2D eigenvalue weighted by Crippen LogP contribution is -2.41. The highest BCUT2D eigenvalue weighted by Gasteiger charge is 2.35. The third-order valence-corrected chi connectivity index (χ3v) is 4.51. The molecular formula is C15H31NO. The maximum absolute atomic E-state index is 5.39. The molecule has 1 aliphatic carbocycles. The van der Waals surface area contributed by atoms with E-state index in [9.17, 15) is 0 Å². The van der Waals surface area contributed by atoms with Gasteiger partial charge in [0.2, 0.25) is 0 Å². The first-order valence-electron chi connectivity index (χ1n) is 7.40. The number of rotatable bonds is 10. The molecule has 0 saturated heterocycles. The van der Waals surface area contributed by atoms with Crippen molar-refractivity contribution in [2.45, 2.75) is 65.3 Å². The maximum Gasteiger partial charge on any atom is 0.0493 e. The minimum absolute atomic E-state index is 0.439. The van der Waals surface area contributed by atoms with Gasteiger partial charge in [0, 0.05) is 26.3 Å². The number of hydrogen-bond donors (Lipinski definition) is 1. The zero-order chi connectivity index (χ0) is 12.7. The number of methoxy groups -OCH3 is 1. The predicted molar refractivity (Wildman–Crippen MR) is 74.3 cm³/mol. The van der Waals surface area contributed by atoms with Gasteiger partial charge in [-0.1, -0.05) is 33.6 Å². The third kappa shape index (κ3) is 4.59. The molecule has 0 aromatic rings. The number of nitrogens with one attached hydrogen (secondary N) is 1. The van der Waals surface area contributed by atoms with Gasteiger partial charge in [-0.15, -0.1) is 0 Å². The van der Waals surface area contributed by atoms with Gasteiger partial charge in [-0.05, 0) is 37.0 Å². The number of hydrogen-bond acceptors (Lipinski definition) is 2. The zero-order valence-electron chi connectivity index (χ0n) is 12.2. The van der Waals surface area contributed by atoms with Crippen molar-refractivity contribution in [2.24, 2.45) is 11.3 Å². The quantitative estimate of drug-likeness (QED) is 0.631. The highest BCUT2D eigenvalue weighted by Crippen LogP contribution is 2.37. The number of unbranched alkanes of at least 4 members (excludes halogenated alkanes) is 1. The van der Waals surface area contributed by atoms with Crippen molar-refractivity contribution in [2.75, 3.05) is 20.3 Å². The van der Waals surface area contributed by atoms with Gasteiger partial charge in [0.05, 0.1) is 0 Å². The molecule has 102 valence electrons. The summed E-state index contributed by atoms with van der Waals surface area (Å²) >= 11 is 0. The third-order valence-electron chi connectivity index (χ3n) is 4.51. The molecule has 0 spiro atoms. The van der Waals surface area contributed by atoms with Crippen molar-refractivity contribution in [3.05, 3.63) is 0 Å². The van der Waals surface area contributed by atoms with Gasteiger partial charge < -0.3 is 10.1 Å². The summed E-state index contributed by atoms with van der Waals surface area (Å²) in [6.07, 6.45) is 8.00. The molecule has 0 bridgehead atoms. The maximum atomic E-state index is 5.39. The molecule has 0 aromatic heterocycles. The summed E-state index contributed by atoms with van der Waals surface area (Å²) in [5.74, 6) is 0.648. The summed E-state index contributed by atoms with van der Waals surface area (Å²) in [5, 5.41) is 3.74. The Morgan fingerprint density at radius 2 is 2.06 bits per heavy atom. The highest BCUT2D eigenvalue weighted by molar-refractivity contribution is 4.90. The number of ether oxygens (including phenoxy) is 1. The van der Waals surface area contributed by atoms with Crippen LogP contribution in [-0.2, 0) is 4.74 Å². The average molecular weight is 241 g/mol. The molecular weight excluding hydrogens is 210 g/mol. The molecule has 1 N–H and O–H groups in total. The Morgan fingerprint density at radius 1 is 1.35 bits per heavy atom. The van der Waals surface area contributed by atoms with Crippen molar-refractivity contribution in [1.82, 2.24) is 5.32 Å². The van der Waals surface area contributed by atoms with Gasteiger partial charge in [-0.25, -0.2) is 0 Å². The van der Waals surface area contributed by atoms with Crippen molar-refractivity contribution < 1.29 is 4.74 Å². The van der Waals surface area contributed by atoms with Crippen LogP contribution in [0.5, 0.6) is 0 Å². The first kappa shape index (κ1) is 15.0. The van der Waals surface area contributed by atoms with Crippen molar-refractivity contribution in [3.8, 4) is 0 Å². The van der Waals surface area contributed by atoms with E-state index in [-0.39, 0.29) is 0 Å². The minimum atomic E-state index is 0.439. The Morgan fingerprint density at radius 3 is 2.53 bits per heavy atom. The zero-order valence-corrected chi connectivity index (χ0v) is 12.2. The van der Waals surface area contributed by atoms with E-state index < -0.39 is 0 Å². The van der Waals surface area contributed by atoms with Crippen LogP contribution in [0.15, 0.2) is 0 Å². The molecule has 0 aromatic carbocycles. The molecule has 1 aliphatic rings. The van der Waals surface area contributed by atoms with Crippen LogP contribution in [0.2, 0.25) is 0 Å². The Hall–Kier alpha value is -0.0800. The summed E-state index contributed by atoms with van der Waals surface area (Å²) < 4.78 is 5.39. The van der Waals surface area contributed by atoms with Crippen LogP contribution < -0.4 is 5.32 Å². The van der Waals surface area contributed by atoms with E-state index >= 15 is 0 Å². The molecule has 1 saturated carbocycles. The van der Waals surface area contributed by atoms with Crippen LogP contribution in [0.25, 0.3) is 0 Å². The van der Waals surface area contributed by atoms with Gasteiger partial charge in [-0.3, -0.25) is 0 Å². The largest absolute Gasteiger partial charge is 0.384 e. The smallest absolute Gasteiger partial charge is 0.0493 e. The molecule has 0 aliphatic heterocycles. The van der Waals surface area contributed by atoms with E-state index in [0.29, 0.717) is 11.3 Å². The predicted octanol–water partition coefficient (Wildman–Crippen LogP) is 3.61. The van der Waals surface area contributed by atoms with Gasteiger partial charge in [0.1, 0.15) is 0 Å². The van der Waals surface area contributed by atoms with E-state index in [1.807, 2.05) is 7.11 Å². The average Bonchev–Trinajstić information content (AvgIpc) is 3.14. The van der Waals surface area contributed by atoms with Crippen LogP contribution in [0.1, 0.15) is 59.3 Å². The molecule has 2 atom stereocenters. The lowest BCUT2D eigenvalue weighted by Gasteiger charge is -2.39. The Bertz CT molecular complexity index is 203. The fraction of sp³-hybridized carbons (Fsp3) is 1.00. The Kier molecular flexibility index (Phi) is 6.50. The topological polar surface area (TPSA) is 21.3 Å². The summed E-state index contributed by atoms with van der Waals surface area (Å²) in [4.78, 5) is 0. The van der Waals surface area contributed by atoms with Gasteiger partial charge >= 0.3 is 0 Å². The lowest BCUT2D eigenvalue weighted by molar-refractivity contribution is 0.0566. The summed E-state index contributed by atoms with van der Waals surface area (Å²) in [6.45, 7) is 9.06. The van der Waals surface area contributed by atoms with E-state index in [4.69, 9.17) is 4.74 Å². The second-order valence-corrected chi connectivity index (χ2v) is 5.83. The van der Waals surface area contributed by atoms with Crippen molar-refractivity contribution in [1.29, 1.82) is 0 Å². The van der Waals surface area contributed by atoms with Crippen molar-refractivity contribution in [3.63, 3.8) is 0 Å². The van der Waals surface area contributed by atoms with Crippen LogP contribution in [0, 0.1) is 11.3 Å². The highest BCUT2D eigenvalue weighted by atomic mass is 16.5. The molecule has 1 fully saturated rings. The molecule has 0 heterocycles. The molecule has 1 rings (SSSR count). The van der Waals surface area contributed by atoms with Crippen LogP contribution in [0.4, 0.5) is 0 Å². The molecule has 2 unspecified atom stereocenters. The first-order valence-corrected chi connectivity index (χ1v) is 7.40. The second kappa shape index (κ2) is 7.38. The van der Waals surface area contributed by atoms with Crippen LogP contribution in [0.3, 0.4) is 0 Å². The standard InChI is InChI=1S/C15H31NO/c1-5-7-10-15(6-2,13(3)11-17-4)12-16-14-8-9-14/h13-14,16H,5-12H2,1-4H3. The van der Waals surface area contributed by atoms with E-state index in [1.54, 1.807) is 0 Å². The molecule has 17 heavy (non-hydrogen) atoms. The van der Waals surface area contributed by atoms with Crippen LogP contribution >= 0.6 is 0 Å². The molecule has 0 amide bonds. The molecule has 2 heteroatoms. The minimum Gasteiger partial charge on any atom is -0.384 e. The fourth-order valence-corrected chi connectivity index (χ4v) is 2.75. The van der Waals surface area contributed by atoms with E-state index in [2.05, 4.69) is 26.1 Å². The monoisotopic (exact) mass is 241 g/mol. The van der Waals surface area contributed by atoms with E-state index in [1.165, 1.54) is 45.1 Å². The van der Waals surface area contributed by atoms with E-state index in [0.717, 1.165) is 12.6 Å². The Labute approximate surface area is 108 Å². The summed E-state index contributed by atoms with van der Waals surface area (Å²) in [5.41, 5.74) is 0.439. The van der Waals surface area contributed by atoms with Gasteiger partial charge in [0.25, 0.3) is 0 Å². The summed E-state index contributed by atoms with van der Waals surface area (Å²) in [7, 11) is 1.82. The van der Waals surface area contributed by atoms with Crippen LogP contribution in [-0.4, -0.2) is 26.3 Å². The van der Waals surface area contributed by atoms with Gasteiger partial charge in [0.15, 0.2) is 0 Å². The van der Waals surface area contributed by atoms with Gasteiger partial charge in [-0.2, -0.15) is 0 Å². The van der Waals surface area contributed by atoms with Crippen molar-refractivity contribution >= 4 is 0 Å². The lowest BCUT2D eigenvalue weighted by atomic mass is 9.70. The SMILES string of the molecule is CCCCC(CC)(CNC1CC1)C(C)COC. The molecule has 0 radical (unpaired) electrons. The molecule has 2 nitrogen and oxygen atoms in total. The Balaban J connectivity index is 2.55. The first-order chi connectivity index (χ1) is 8.18. The summed E-state index contributed by atoms with van der Waals surface area (Å²) in [6, 6.07) is 0.817. The second-order valence-electron chi connectivity index (χ2n) is 5.83.